The highest BCUT2D eigenvalue weighted by molar-refractivity contribution is 6.29. The first-order chi connectivity index (χ1) is 6.72. The van der Waals surface area contributed by atoms with Gasteiger partial charge in [-0.1, -0.05) is 11.6 Å². The smallest absolute Gasteiger partial charge is 0.231 e. The molecule has 0 unspecified atom stereocenters. The average Bonchev–Trinajstić information content (AvgIpc) is 2.72. The minimum Gasteiger partial charge on any atom is -0.309 e. The average molecular weight is 211 g/mol. The molecule has 2 heterocycles. The van der Waals surface area contributed by atoms with Crippen molar-refractivity contribution in [3.8, 4) is 5.95 Å². The van der Waals surface area contributed by atoms with Crippen molar-refractivity contribution in [2.75, 3.05) is 0 Å². The molecule has 2 aromatic heterocycles. The van der Waals surface area contributed by atoms with Crippen molar-refractivity contribution >= 4 is 17.9 Å². The van der Waals surface area contributed by atoms with Crippen molar-refractivity contribution < 1.29 is 4.79 Å². The highest BCUT2D eigenvalue weighted by Crippen LogP contribution is 2.09. The van der Waals surface area contributed by atoms with E-state index in [2.05, 4.69) is 10.1 Å². The fourth-order valence-electron chi connectivity index (χ4n) is 1.15. The van der Waals surface area contributed by atoms with Gasteiger partial charge in [0.15, 0.2) is 11.4 Å². The van der Waals surface area contributed by atoms with Crippen molar-refractivity contribution in [2.45, 2.75) is 0 Å². The number of imidazole rings is 1. The van der Waals surface area contributed by atoms with E-state index in [-0.39, 0.29) is 0 Å². The van der Waals surface area contributed by atoms with Gasteiger partial charge in [-0.15, -0.1) is 0 Å². The van der Waals surface area contributed by atoms with E-state index in [0.29, 0.717) is 16.8 Å². The summed E-state index contributed by atoms with van der Waals surface area (Å²) in [7, 11) is 1.74. The number of carbonyl (C=O) groups is 1. The van der Waals surface area contributed by atoms with Crippen LogP contribution in [0.15, 0.2) is 18.5 Å². The number of halogens is 1. The zero-order valence-electron chi connectivity index (χ0n) is 7.38. The molecule has 0 aromatic carbocycles. The van der Waals surface area contributed by atoms with Gasteiger partial charge in [0.1, 0.15) is 5.69 Å². The predicted octanol–water partition coefficient (Wildman–Crippen LogP) is 1.07. The van der Waals surface area contributed by atoms with Gasteiger partial charge in [-0.05, 0) is 6.07 Å². The highest BCUT2D eigenvalue weighted by atomic mass is 35.5. The van der Waals surface area contributed by atoms with Gasteiger partial charge in [-0.2, -0.15) is 5.10 Å². The lowest BCUT2D eigenvalue weighted by Crippen LogP contribution is -2.05. The molecule has 2 rings (SSSR count). The monoisotopic (exact) mass is 210 g/mol. The summed E-state index contributed by atoms with van der Waals surface area (Å²) in [4.78, 5) is 14.6. The van der Waals surface area contributed by atoms with Crippen molar-refractivity contribution in [3.63, 3.8) is 0 Å². The van der Waals surface area contributed by atoms with Crippen molar-refractivity contribution in [1.29, 1.82) is 0 Å². The Bertz CT molecular complexity index is 473. The number of nitrogens with zero attached hydrogens (tertiary/aromatic N) is 4. The zero-order chi connectivity index (χ0) is 10.1. The van der Waals surface area contributed by atoms with Crippen LogP contribution in [0.2, 0.25) is 5.15 Å². The largest absolute Gasteiger partial charge is 0.309 e. The number of aromatic nitrogens is 4. The van der Waals surface area contributed by atoms with Gasteiger partial charge < -0.3 is 4.57 Å². The van der Waals surface area contributed by atoms with Crippen LogP contribution >= 0.6 is 11.6 Å². The number of rotatable bonds is 2. The maximum atomic E-state index is 10.6. The molecule has 0 aliphatic carbocycles. The first-order valence-corrected chi connectivity index (χ1v) is 4.28. The third-order valence-corrected chi connectivity index (χ3v) is 2.08. The van der Waals surface area contributed by atoms with Crippen molar-refractivity contribution in [3.05, 3.63) is 29.3 Å². The number of carbonyl (C=O) groups excluding carboxylic acids is 1. The fourth-order valence-corrected chi connectivity index (χ4v) is 1.29. The standard InChI is InChI=1S/C8H7ClN4O/c1-12-6(5-14)4-10-8(12)13-3-2-7(9)11-13/h2-5H,1H3. The Hall–Kier alpha value is -1.62. The molecule has 0 N–H and O–H groups in total. The van der Waals surface area contributed by atoms with E-state index in [1.54, 1.807) is 23.9 Å². The molecule has 72 valence electrons. The summed E-state index contributed by atoms with van der Waals surface area (Å²) in [5.74, 6) is 0.555. The lowest BCUT2D eigenvalue weighted by molar-refractivity contribution is 0.111. The van der Waals surface area contributed by atoms with Gasteiger partial charge in [0.25, 0.3) is 0 Å². The summed E-state index contributed by atoms with van der Waals surface area (Å²) >= 11 is 5.66. The van der Waals surface area contributed by atoms with Crippen LogP contribution in [0.5, 0.6) is 0 Å². The van der Waals surface area contributed by atoms with Crippen LogP contribution in [0, 0.1) is 0 Å². The molecular formula is C8H7ClN4O. The number of hydrogen-bond acceptors (Lipinski definition) is 3. The van der Waals surface area contributed by atoms with Crippen molar-refractivity contribution in [1.82, 2.24) is 19.3 Å². The molecule has 0 saturated heterocycles. The summed E-state index contributed by atoms with van der Waals surface area (Å²) in [6.45, 7) is 0. The van der Waals surface area contributed by atoms with Crippen LogP contribution in [-0.4, -0.2) is 25.6 Å². The summed E-state index contributed by atoms with van der Waals surface area (Å²) < 4.78 is 3.14. The minimum atomic E-state index is 0.389. The predicted molar refractivity (Wildman–Crippen MR) is 50.7 cm³/mol. The Morgan fingerprint density at radius 1 is 1.57 bits per heavy atom. The molecule has 6 heteroatoms. The topological polar surface area (TPSA) is 52.7 Å². The highest BCUT2D eigenvalue weighted by Gasteiger charge is 2.08. The third-order valence-electron chi connectivity index (χ3n) is 1.88. The number of hydrogen-bond donors (Lipinski definition) is 0. The van der Waals surface area contributed by atoms with Crippen LogP contribution in [0.4, 0.5) is 0 Å². The first-order valence-electron chi connectivity index (χ1n) is 3.91. The molecule has 0 atom stereocenters. The van der Waals surface area contributed by atoms with E-state index >= 15 is 0 Å². The summed E-state index contributed by atoms with van der Waals surface area (Å²) in [6, 6.07) is 1.65. The quantitative estimate of drug-likeness (QED) is 0.697. The minimum absolute atomic E-state index is 0.389. The zero-order valence-corrected chi connectivity index (χ0v) is 8.14. The van der Waals surface area contributed by atoms with E-state index in [4.69, 9.17) is 11.6 Å². The van der Waals surface area contributed by atoms with E-state index in [9.17, 15) is 4.79 Å². The molecule has 0 amide bonds. The van der Waals surface area contributed by atoms with Gasteiger partial charge in [-0.25, -0.2) is 9.67 Å². The van der Waals surface area contributed by atoms with Crippen LogP contribution in [0.1, 0.15) is 10.5 Å². The Morgan fingerprint density at radius 3 is 2.86 bits per heavy atom. The summed E-state index contributed by atoms with van der Waals surface area (Å²) in [6.07, 6.45) is 3.90. The van der Waals surface area contributed by atoms with Crippen LogP contribution < -0.4 is 0 Å². The first kappa shape index (κ1) is 8.96. The van der Waals surface area contributed by atoms with Crippen LogP contribution in [0.3, 0.4) is 0 Å². The second kappa shape index (κ2) is 3.26. The van der Waals surface area contributed by atoms with E-state index in [0.717, 1.165) is 6.29 Å². The van der Waals surface area contributed by atoms with Gasteiger partial charge in [0.2, 0.25) is 5.95 Å². The molecule has 0 aliphatic heterocycles. The fraction of sp³-hybridized carbons (Fsp3) is 0.125. The Morgan fingerprint density at radius 2 is 2.36 bits per heavy atom. The van der Waals surface area contributed by atoms with E-state index < -0.39 is 0 Å². The maximum Gasteiger partial charge on any atom is 0.231 e. The molecule has 0 fully saturated rings. The molecular weight excluding hydrogens is 204 g/mol. The van der Waals surface area contributed by atoms with Gasteiger partial charge in [-0.3, -0.25) is 4.79 Å². The number of aldehydes is 1. The van der Waals surface area contributed by atoms with E-state index in [1.807, 2.05) is 0 Å². The van der Waals surface area contributed by atoms with Crippen LogP contribution in [-0.2, 0) is 7.05 Å². The SMILES string of the molecule is Cn1c(C=O)cnc1-n1ccc(Cl)n1. The Labute approximate surface area is 84.9 Å². The molecule has 0 radical (unpaired) electrons. The van der Waals surface area contributed by atoms with E-state index in [1.165, 1.54) is 10.9 Å². The molecule has 0 saturated carbocycles. The van der Waals surface area contributed by atoms with Crippen LogP contribution in [0.25, 0.3) is 5.95 Å². The summed E-state index contributed by atoms with van der Waals surface area (Å²) in [5.41, 5.74) is 0.492. The molecule has 14 heavy (non-hydrogen) atoms. The molecule has 0 bridgehead atoms. The normalized spacial score (nSPS) is 10.4. The Kier molecular flexibility index (Phi) is 2.09. The van der Waals surface area contributed by atoms with Crippen molar-refractivity contribution in [2.24, 2.45) is 7.05 Å². The molecule has 2 aromatic rings. The van der Waals surface area contributed by atoms with Gasteiger partial charge in [0.05, 0.1) is 6.20 Å². The molecule has 5 nitrogen and oxygen atoms in total. The second-order valence-electron chi connectivity index (χ2n) is 2.74. The third kappa shape index (κ3) is 1.31. The second-order valence-corrected chi connectivity index (χ2v) is 3.13. The van der Waals surface area contributed by atoms with Gasteiger partial charge in [0, 0.05) is 13.2 Å². The Balaban J connectivity index is 2.51. The molecule has 0 spiro atoms. The summed E-state index contributed by atoms with van der Waals surface area (Å²) in [5, 5.41) is 4.36. The lowest BCUT2D eigenvalue weighted by Gasteiger charge is -2.00. The molecule has 0 aliphatic rings. The lowest BCUT2D eigenvalue weighted by atomic mass is 10.5. The van der Waals surface area contributed by atoms with Gasteiger partial charge >= 0.3 is 0 Å². The maximum absolute atomic E-state index is 10.6.